The Hall–Kier alpha value is -4.32. The highest BCUT2D eigenvalue weighted by molar-refractivity contribution is 6.18. The molecule has 1 aromatic carbocycles. The second-order valence-corrected chi connectivity index (χ2v) is 12.1. The lowest BCUT2D eigenvalue weighted by Gasteiger charge is -2.49. The van der Waals surface area contributed by atoms with Crippen LogP contribution < -0.4 is 20.5 Å². The third-order valence-electron chi connectivity index (χ3n) is 9.84. The van der Waals surface area contributed by atoms with Crippen LogP contribution in [0.1, 0.15) is 54.1 Å². The number of ketones is 1. The first-order chi connectivity index (χ1) is 20.7. The van der Waals surface area contributed by atoms with E-state index in [2.05, 4.69) is 39.2 Å². The zero-order valence-electron chi connectivity index (χ0n) is 24.2. The molecular formula is C32H32N5O6+. The third-order valence-corrected chi connectivity index (χ3v) is 9.84. The first-order valence-electron chi connectivity index (χ1n) is 14.6. The van der Waals surface area contributed by atoms with Gasteiger partial charge in [-0.25, -0.2) is 4.79 Å². The molecule has 1 saturated heterocycles. The Labute approximate surface area is 246 Å². The van der Waals surface area contributed by atoms with E-state index in [9.17, 15) is 19.5 Å². The highest BCUT2D eigenvalue weighted by Crippen LogP contribution is 2.59. The SMILES string of the molecule is CO[C@H]1[C@@]2(C)/C=C\Cn3c4c(c5c6c(c7c(c53)[N@@+]1(N(C)C(=O)CCNC(=O)O)C1=C7C=C[C@@H](C1)O2)C=NC=6)C(=O)CCC=4. The van der Waals surface area contributed by atoms with Gasteiger partial charge in [-0.2, -0.15) is 5.01 Å². The van der Waals surface area contributed by atoms with Gasteiger partial charge in [-0.15, -0.1) is 4.59 Å². The van der Waals surface area contributed by atoms with Gasteiger partial charge in [0.1, 0.15) is 5.52 Å². The number of methoxy groups -OCH3 is 1. The van der Waals surface area contributed by atoms with Crippen LogP contribution in [0.3, 0.4) is 0 Å². The fourth-order valence-corrected chi connectivity index (χ4v) is 8.32. The summed E-state index contributed by atoms with van der Waals surface area (Å²) in [6.07, 6.45) is 13.5. The molecular weight excluding hydrogens is 550 g/mol. The molecule has 2 aromatic rings. The number of rotatable bonds is 5. The normalized spacial score (nSPS) is 29.4. The number of carbonyl (C=O) groups is 3. The van der Waals surface area contributed by atoms with Gasteiger partial charge in [-0.05, 0) is 25.5 Å². The Morgan fingerprint density at radius 2 is 2.19 bits per heavy atom. The number of benzene rings is 1. The fourth-order valence-electron chi connectivity index (χ4n) is 8.32. The zero-order valence-corrected chi connectivity index (χ0v) is 24.2. The number of hydrogen-bond acceptors (Lipinski definition) is 6. The molecule has 1 fully saturated rings. The number of Topliss-reactive ketones (excluding diaryl/α,β-unsaturated/α-hetero) is 1. The molecule has 2 amide bonds. The van der Waals surface area contributed by atoms with Gasteiger partial charge in [0, 0.05) is 72.5 Å². The van der Waals surface area contributed by atoms with Crippen molar-refractivity contribution in [3.05, 3.63) is 57.3 Å². The van der Waals surface area contributed by atoms with Crippen molar-refractivity contribution < 1.29 is 29.0 Å². The van der Waals surface area contributed by atoms with Crippen molar-refractivity contribution in [2.45, 2.75) is 57.1 Å². The minimum Gasteiger partial charge on any atom is -0.465 e. The molecule has 4 bridgehead atoms. The molecule has 0 spiro atoms. The number of aliphatic imine (C=N–C) groups is 1. The van der Waals surface area contributed by atoms with E-state index >= 15 is 0 Å². The van der Waals surface area contributed by atoms with Crippen LogP contribution in [-0.2, 0) is 20.8 Å². The predicted octanol–water partition coefficient (Wildman–Crippen LogP) is 2.29. The Morgan fingerprint density at radius 1 is 1.35 bits per heavy atom. The summed E-state index contributed by atoms with van der Waals surface area (Å²) >= 11 is 0. The molecule has 220 valence electrons. The van der Waals surface area contributed by atoms with E-state index in [1.54, 1.807) is 19.2 Å². The second kappa shape index (κ2) is 8.85. The number of hydrogen-bond donors (Lipinski definition) is 2. The van der Waals surface area contributed by atoms with Crippen molar-refractivity contribution in [2.75, 3.05) is 20.7 Å². The minimum absolute atomic E-state index is 0.0273. The van der Waals surface area contributed by atoms with E-state index < -0.39 is 17.9 Å². The Kier molecular flexibility index (Phi) is 5.42. The van der Waals surface area contributed by atoms with Crippen LogP contribution >= 0.6 is 0 Å². The van der Waals surface area contributed by atoms with Gasteiger partial charge in [-0.1, -0.05) is 18.2 Å². The van der Waals surface area contributed by atoms with E-state index in [1.807, 2.05) is 25.4 Å². The Morgan fingerprint density at radius 3 is 2.98 bits per heavy atom. The van der Waals surface area contributed by atoms with E-state index in [0.717, 1.165) is 49.6 Å². The number of amides is 2. The van der Waals surface area contributed by atoms with Crippen molar-refractivity contribution in [2.24, 2.45) is 4.99 Å². The third kappa shape index (κ3) is 3.19. The lowest BCUT2D eigenvalue weighted by atomic mass is 9.90. The molecule has 5 heterocycles. The maximum atomic E-state index is 14.2. The molecule has 0 saturated carbocycles. The molecule has 8 rings (SSSR count). The average molecular weight is 583 g/mol. The summed E-state index contributed by atoms with van der Waals surface area (Å²) in [6, 6.07) is 0. The zero-order chi connectivity index (χ0) is 29.8. The molecule has 4 aliphatic heterocycles. The van der Waals surface area contributed by atoms with Crippen molar-refractivity contribution in [1.29, 1.82) is 0 Å². The van der Waals surface area contributed by atoms with Crippen LogP contribution in [0.2, 0.25) is 0 Å². The highest BCUT2D eigenvalue weighted by atomic mass is 16.6. The lowest BCUT2D eigenvalue weighted by Crippen LogP contribution is -2.71. The summed E-state index contributed by atoms with van der Waals surface area (Å²) in [7, 11) is 3.41. The van der Waals surface area contributed by atoms with Gasteiger partial charge < -0.3 is 24.5 Å². The molecule has 0 unspecified atom stereocenters. The van der Waals surface area contributed by atoms with Crippen molar-refractivity contribution in [3.63, 3.8) is 0 Å². The monoisotopic (exact) mass is 582 g/mol. The molecule has 6 aliphatic rings. The molecule has 2 N–H and O–H groups in total. The van der Waals surface area contributed by atoms with E-state index in [1.165, 1.54) is 0 Å². The van der Waals surface area contributed by atoms with Crippen molar-refractivity contribution in [3.8, 4) is 0 Å². The van der Waals surface area contributed by atoms with Crippen LogP contribution in [0.15, 0.2) is 35.0 Å². The highest BCUT2D eigenvalue weighted by Gasteiger charge is 2.66. The van der Waals surface area contributed by atoms with Crippen molar-refractivity contribution >= 4 is 58.4 Å². The summed E-state index contributed by atoms with van der Waals surface area (Å²) in [5, 5.41) is 15.9. The second-order valence-electron chi connectivity index (χ2n) is 12.1. The van der Waals surface area contributed by atoms with Crippen LogP contribution in [0.4, 0.5) is 10.5 Å². The Balaban J connectivity index is 1.56. The number of carboxylic acid groups (broad SMARTS) is 1. The van der Waals surface area contributed by atoms with Crippen LogP contribution in [0.5, 0.6) is 0 Å². The molecule has 2 aliphatic carbocycles. The summed E-state index contributed by atoms with van der Waals surface area (Å²) < 4.78 is 15.4. The fraction of sp³-hybridized carbons (Fsp3) is 0.375. The van der Waals surface area contributed by atoms with E-state index in [0.29, 0.717) is 31.4 Å². The maximum absolute atomic E-state index is 14.2. The number of aromatic nitrogens is 1. The molecule has 4 atom stereocenters. The first kappa shape index (κ1) is 26.3. The quantitative estimate of drug-likeness (QED) is 0.412. The molecule has 11 nitrogen and oxygen atoms in total. The number of ether oxygens (including phenoxy) is 2. The number of nitrogens with zero attached hydrogens (tertiary/aromatic N) is 4. The molecule has 11 heteroatoms. The number of quaternary nitrogens is 1. The summed E-state index contributed by atoms with van der Waals surface area (Å²) in [5.41, 5.74) is 5.34. The minimum atomic E-state index is -1.18. The van der Waals surface area contributed by atoms with Crippen LogP contribution in [0, 0.1) is 0 Å². The summed E-state index contributed by atoms with van der Waals surface area (Å²) in [6.45, 7) is 2.47. The van der Waals surface area contributed by atoms with Gasteiger partial charge in [0.25, 0.3) is 12.1 Å². The number of nitrogens with one attached hydrogen (secondary N) is 1. The molecule has 0 radical (unpaired) electrons. The van der Waals surface area contributed by atoms with Gasteiger partial charge in [-0.3, -0.25) is 14.6 Å². The van der Waals surface area contributed by atoms with Gasteiger partial charge in [0.15, 0.2) is 22.8 Å². The van der Waals surface area contributed by atoms with Crippen LogP contribution in [-0.4, -0.2) is 77.3 Å². The largest absolute Gasteiger partial charge is 0.465 e. The number of allylic oxidation sites excluding steroid dienone is 3. The number of carbonyl (C=O) groups excluding carboxylic acids is 2. The smallest absolute Gasteiger partial charge is 0.404 e. The topological polar surface area (TPSA) is 122 Å². The standard InChI is InChI=1S/C32H31N5O6/c1-32-11-5-13-36-21-6-4-7-23(38)27(21)26-20-16-33-15-19(20)25-18-9-8-17(43-32)14-22(18)37(30(32)42-3,29(25)28(26)36)35(2)24(39)10-12-34-31(40)41/h5-6,8-9,11,15-17,30,34H,4,7,10,12-14H2,1-3H3/p+1/b11-5-/t17-,30-,32+,37-/m0/s1. The van der Waals surface area contributed by atoms with Gasteiger partial charge in [0.2, 0.25) is 0 Å². The predicted molar refractivity (Wildman–Crippen MR) is 160 cm³/mol. The average Bonchev–Trinajstić information content (AvgIpc) is 3.64. The molecule has 1 aromatic heterocycles. The van der Waals surface area contributed by atoms with Gasteiger partial charge in [0.05, 0.1) is 30.7 Å². The lowest BCUT2D eigenvalue weighted by molar-refractivity contribution is -0.194. The van der Waals surface area contributed by atoms with Crippen LogP contribution in [0.25, 0.3) is 28.8 Å². The van der Waals surface area contributed by atoms with Gasteiger partial charge >= 0.3 is 6.09 Å². The molecule has 43 heavy (non-hydrogen) atoms. The summed E-state index contributed by atoms with van der Waals surface area (Å²) in [4.78, 5) is 43.7. The number of fused-ring (bicyclic) bond motifs is 9. The van der Waals surface area contributed by atoms with E-state index in [-0.39, 0.29) is 35.4 Å². The van der Waals surface area contributed by atoms with E-state index in [4.69, 9.17) is 9.47 Å². The Bertz CT molecular complexity index is 1950. The first-order valence-corrected chi connectivity index (χ1v) is 14.6. The maximum Gasteiger partial charge on any atom is 0.404 e. The summed E-state index contributed by atoms with van der Waals surface area (Å²) in [5.74, 6) is -0.156. The van der Waals surface area contributed by atoms with Crippen molar-refractivity contribution in [1.82, 2.24) is 19.5 Å².